The van der Waals surface area contributed by atoms with E-state index in [1.54, 1.807) is 18.2 Å². The van der Waals surface area contributed by atoms with E-state index in [1.165, 1.54) is 12.0 Å². The van der Waals surface area contributed by atoms with E-state index < -0.39 is 5.97 Å². The highest BCUT2D eigenvalue weighted by atomic mass is 35.5. The summed E-state index contributed by atoms with van der Waals surface area (Å²) in [5.41, 5.74) is 3.26. The van der Waals surface area contributed by atoms with E-state index in [9.17, 15) is 9.59 Å². The topological polar surface area (TPSA) is 59.0 Å². The summed E-state index contributed by atoms with van der Waals surface area (Å²) in [6.07, 6.45) is 0. The lowest BCUT2D eigenvalue weighted by Crippen LogP contribution is -2.38. The van der Waals surface area contributed by atoms with Crippen LogP contribution >= 0.6 is 23.2 Å². The van der Waals surface area contributed by atoms with Crippen molar-refractivity contribution in [2.75, 3.05) is 25.1 Å². The Morgan fingerprint density at radius 3 is 2.65 bits per heavy atom. The predicted molar refractivity (Wildman–Crippen MR) is 103 cm³/mol. The monoisotopic (exact) mass is 390 g/mol. The first-order chi connectivity index (χ1) is 12.4. The molecule has 1 aliphatic heterocycles. The fraction of sp³-hybridized carbons (Fsp3) is 0.211. The molecule has 134 valence electrons. The quantitative estimate of drug-likeness (QED) is 0.751. The number of aliphatic imine (C=N–C) groups is 1. The average molecular weight is 391 g/mol. The Labute approximate surface area is 161 Å². The fourth-order valence-electron chi connectivity index (χ4n) is 2.96. The Morgan fingerprint density at radius 2 is 1.96 bits per heavy atom. The zero-order valence-corrected chi connectivity index (χ0v) is 15.8. The molecule has 0 saturated carbocycles. The van der Waals surface area contributed by atoms with E-state index >= 15 is 0 Å². The summed E-state index contributed by atoms with van der Waals surface area (Å²) >= 11 is 12.6. The Balaban J connectivity index is 2.24. The summed E-state index contributed by atoms with van der Waals surface area (Å²) in [5.74, 6) is -0.816. The van der Waals surface area contributed by atoms with Crippen LogP contribution in [-0.4, -0.2) is 37.8 Å². The molecule has 0 aliphatic carbocycles. The lowest BCUT2D eigenvalue weighted by Gasteiger charge is -2.24. The van der Waals surface area contributed by atoms with Crippen molar-refractivity contribution in [3.05, 3.63) is 63.1 Å². The van der Waals surface area contributed by atoms with Crippen molar-refractivity contribution >= 4 is 46.5 Å². The number of benzodiazepines with no additional fused rings is 1. The van der Waals surface area contributed by atoms with Crippen LogP contribution in [0.2, 0.25) is 10.0 Å². The first-order valence-electron chi connectivity index (χ1n) is 7.89. The van der Waals surface area contributed by atoms with Gasteiger partial charge >= 0.3 is 5.97 Å². The van der Waals surface area contributed by atoms with E-state index in [0.717, 1.165) is 5.56 Å². The summed E-state index contributed by atoms with van der Waals surface area (Å²) in [7, 11) is 1.28. The molecule has 3 rings (SSSR count). The van der Waals surface area contributed by atoms with Crippen molar-refractivity contribution in [3.8, 4) is 0 Å². The van der Waals surface area contributed by atoms with Gasteiger partial charge in [-0.3, -0.25) is 19.5 Å². The second-order valence-electron chi connectivity index (χ2n) is 5.82. The molecule has 7 heteroatoms. The van der Waals surface area contributed by atoms with Crippen LogP contribution in [0.4, 0.5) is 5.69 Å². The highest BCUT2D eigenvalue weighted by molar-refractivity contribution is 6.37. The van der Waals surface area contributed by atoms with Crippen molar-refractivity contribution in [2.45, 2.75) is 6.92 Å². The van der Waals surface area contributed by atoms with E-state index in [4.69, 9.17) is 27.9 Å². The molecule has 5 nitrogen and oxygen atoms in total. The lowest BCUT2D eigenvalue weighted by molar-refractivity contribution is -0.139. The minimum atomic E-state index is -0.514. The Morgan fingerprint density at radius 1 is 1.23 bits per heavy atom. The molecule has 0 bridgehead atoms. The number of amides is 1. The zero-order chi connectivity index (χ0) is 18.8. The minimum absolute atomic E-state index is 0.108. The van der Waals surface area contributed by atoms with Crippen LogP contribution in [-0.2, 0) is 14.3 Å². The molecule has 0 atom stereocenters. The second kappa shape index (κ2) is 7.48. The Hall–Kier alpha value is -2.37. The summed E-state index contributed by atoms with van der Waals surface area (Å²) < 4.78 is 4.73. The summed E-state index contributed by atoms with van der Waals surface area (Å²) in [6.45, 7) is 1.53. The smallest absolute Gasteiger partial charge is 0.325 e. The first-order valence-corrected chi connectivity index (χ1v) is 8.65. The number of fused-ring (bicyclic) bond motifs is 1. The maximum absolute atomic E-state index is 12.7. The van der Waals surface area contributed by atoms with Crippen LogP contribution in [0, 0.1) is 6.92 Å². The van der Waals surface area contributed by atoms with Crippen molar-refractivity contribution in [2.24, 2.45) is 4.99 Å². The maximum Gasteiger partial charge on any atom is 0.325 e. The van der Waals surface area contributed by atoms with Gasteiger partial charge < -0.3 is 4.74 Å². The number of hydrogen-bond donors (Lipinski definition) is 0. The molecule has 0 fully saturated rings. The number of carbonyl (C=O) groups excluding carboxylic acids is 2. The molecular formula is C19H16Cl2N2O3. The van der Waals surface area contributed by atoms with Crippen LogP contribution in [0.5, 0.6) is 0 Å². The largest absolute Gasteiger partial charge is 0.468 e. The van der Waals surface area contributed by atoms with Gasteiger partial charge in [0, 0.05) is 21.2 Å². The molecule has 2 aromatic rings. The summed E-state index contributed by atoms with van der Waals surface area (Å²) in [5, 5.41) is 1.03. The molecular weight excluding hydrogens is 375 g/mol. The Kier molecular flexibility index (Phi) is 5.30. The molecule has 1 amide bonds. The highest BCUT2D eigenvalue weighted by Crippen LogP contribution is 2.34. The number of halogens is 2. The number of aryl methyl sites for hydroxylation is 1. The molecule has 0 radical (unpaired) electrons. The third-order valence-corrected chi connectivity index (χ3v) is 4.66. The number of rotatable bonds is 3. The zero-order valence-electron chi connectivity index (χ0n) is 14.3. The Bertz CT molecular complexity index is 925. The number of hydrogen-bond acceptors (Lipinski definition) is 4. The first kappa shape index (κ1) is 18.4. The van der Waals surface area contributed by atoms with Gasteiger partial charge in [0.1, 0.15) is 13.1 Å². The van der Waals surface area contributed by atoms with Crippen LogP contribution in [0.15, 0.2) is 41.4 Å². The molecule has 26 heavy (non-hydrogen) atoms. The number of nitrogens with zero attached hydrogens (tertiary/aromatic N) is 2. The van der Waals surface area contributed by atoms with Crippen molar-refractivity contribution in [3.63, 3.8) is 0 Å². The molecule has 0 unspecified atom stereocenters. The van der Waals surface area contributed by atoms with Gasteiger partial charge in [-0.15, -0.1) is 0 Å². The predicted octanol–water partition coefficient (Wildman–Crippen LogP) is 3.66. The van der Waals surface area contributed by atoms with E-state index in [-0.39, 0.29) is 19.0 Å². The van der Waals surface area contributed by atoms with Crippen molar-refractivity contribution in [1.29, 1.82) is 0 Å². The number of esters is 1. The normalized spacial score (nSPS) is 13.8. The third kappa shape index (κ3) is 3.45. The van der Waals surface area contributed by atoms with Gasteiger partial charge in [-0.2, -0.15) is 0 Å². The van der Waals surface area contributed by atoms with E-state index in [0.29, 0.717) is 32.6 Å². The lowest BCUT2D eigenvalue weighted by atomic mass is 9.97. The number of anilines is 1. The molecule has 0 saturated heterocycles. The average Bonchev–Trinajstić information content (AvgIpc) is 2.73. The molecule has 2 aromatic carbocycles. The summed E-state index contributed by atoms with van der Waals surface area (Å²) in [4.78, 5) is 30.4. The van der Waals surface area contributed by atoms with Gasteiger partial charge in [0.25, 0.3) is 0 Å². The fourth-order valence-corrected chi connectivity index (χ4v) is 3.46. The van der Waals surface area contributed by atoms with Gasteiger partial charge in [0.15, 0.2) is 0 Å². The van der Waals surface area contributed by atoms with E-state index in [1.807, 2.05) is 25.1 Å². The van der Waals surface area contributed by atoms with Crippen molar-refractivity contribution < 1.29 is 14.3 Å². The number of carbonyl (C=O) groups is 2. The minimum Gasteiger partial charge on any atom is -0.468 e. The van der Waals surface area contributed by atoms with Gasteiger partial charge in [-0.25, -0.2) is 0 Å². The third-order valence-electron chi connectivity index (χ3n) is 4.11. The molecule has 1 aliphatic rings. The molecule has 0 aromatic heterocycles. The van der Waals surface area contributed by atoms with Crippen LogP contribution in [0.25, 0.3) is 0 Å². The van der Waals surface area contributed by atoms with E-state index in [2.05, 4.69) is 4.99 Å². The van der Waals surface area contributed by atoms with Crippen molar-refractivity contribution in [1.82, 2.24) is 0 Å². The van der Waals surface area contributed by atoms with Gasteiger partial charge in [0.2, 0.25) is 5.91 Å². The second-order valence-corrected chi connectivity index (χ2v) is 6.66. The molecule has 0 spiro atoms. The van der Waals surface area contributed by atoms with Crippen LogP contribution in [0.3, 0.4) is 0 Å². The van der Waals surface area contributed by atoms with Crippen LogP contribution in [0.1, 0.15) is 16.7 Å². The summed E-state index contributed by atoms with van der Waals surface area (Å²) in [6, 6.07) is 10.7. The molecule has 1 heterocycles. The maximum atomic E-state index is 12.7. The van der Waals surface area contributed by atoms with Crippen LogP contribution < -0.4 is 4.90 Å². The molecule has 0 N–H and O–H groups in total. The number of methoxy groups -OCH3 is 1. The number of ether oxygens (including phenoxy) is 1. The highest BCUT2D eigenvalue weighted by Gasteiger charge is 2.29. The SMILES string of the molecule is COC(=O)CN1C(=O)CN=C(c2ccccc2Cl)c2cc(Cl)cc(C)c21. The van der Waals surface area contributed by atoms with Gasteiger partial charge in [0.05, 0.1) is 18.5 Å². The van der Waals surface area contributed by atoms with Gasteiger partial charge in [-0.1, -0.05) is 41.4 Å². The van der Waals surface area contributed by atoms with Gasteiger partial charge in [-0.05, 0) is 30.7 Å². The standard InChI is InChI=1S/C19H16Cl2N2O3/c1-11-7-12(20)8-14-18(13-5-3-4-6-15(13)21)22-9-16(24)23(19(11)14)10-17(25)26-2/h3-8H,9-10H2,1-2H3. The number of benzene rings is 2.